The van der Waals surface area contributed by atoms with Gasteiger partial charge in [0.2, 0.25) is 11.8 Å². The lowest BCUT2D eigenvalue weighted by Crippen LogP contribution is -3.08. The van der Waals surface area contributed by atoms with Crippen LogP contribution in [0.1, 0.15) is 10.8 Å². The Kier molecular flexibility index (Phi) is 7.04. The van der Waals surface area contributed by atoms with Gasteiger partial charge in [-0.25, -0.2) is 0 Å². The second-order valence-electron chi connectivity index (χ2n) is 8.34. The van der Waals surface area contributed by atoms with Crippen LogP contribution in [0.15, 0.2) is 65.5 Å². The smallest absolute Gasteiger partial charge is 0.281 e. The quantitative estimate of drug-likeness (QED) is 0.197. The number of nitrogens with two attached hydrogens (primary N) is 1. The normalized spacial score (nSPS) is 24.4. The molecule has 0 aliphatic carbocycles. The van der Waals surface area contributed by atoms with Gasteiger partial charge >= 0.3 is 0 Å². The molecule has 1 aromatic rings. The molecular weight excluding hydrogens is 512 g/mol. The van der Waals surface area contributed by atoms with Crippen molar-refractivity contribution in [3.63, 3.8) is 0 Å². The highest BCUT2D eigenvalue weighted by Crippen LogP contribution is 2.40. The van der Waals surface area contributed by atoms with Crippen LogP contribution in [0.3, 0.4) is 0 Å². The Hall–Kier alpha value is -3.46. The third-order valence-corrected chi connectivity index (χ3v) is 8.41. The fraction of sp³-hybridized carbons (Fsp3) is 0.273. The predicted molar refractivity (Wildman–Crippen MR) is 125 cm³/mol. The number of amides is 3. The molecule has 0 saturated carbocycles. The maximum absolute atomic E-state index is 12.9. The van der Waals surface area contributed by atoms with Gasteiger partial charge in [0.05, 0.1) is 17.9 Å². The lowest BCUT2D eigenvalue weighted by atomic mass is 10.0. The van der Waals surface area contributed by atoms with Gasteiger partial charge in [-0.05, 0) is 11.6 Å². The van der Waals surface area contributed by atoms with Gasteiger partial charge in [-0.1, -0.05) is 30.3 Å². The maximum atomic E-state index is 12.9. The van der Waals surface area contributed by atoms with Crippen LogP contribution in [0.4, 0.5) is 0 Å². The highest BCUT2D eigenvalue weighted by Gasteiger charge is 2.54. The van der Waals surface area contributed by atoms with E-state index in [1.165, 1.54) is 42.1 Å². The minimum absolute atomic E-state index is 0.0149. The van der Waals surface area contributed by atoms with Crippen LogP contribution in [0.25, 0.3) is 0 Å². The zero-order valence-corrected chi connectivity index (χ0v) is 20.3. The second-order valence-corrected chi connectivity index (χ2v) is 10.9. The van der Waals surface area contributed by atoms with E-state index in [2.05, 4.69) is 5.32 Å². The van der Waals surface area contributed by atoms with Crippen molar-refractivity contribution >= 4 is 45.6 Å². The van der Waals surface area contributed by atoms with Gasteiger partial charge in [-0.15, -0.1) is 11.8 Å². The van der Waals surface area contributed by atoms with Crippen molar-refractivity contribution in [1.82, 2.24) is 10.2 Å². The van der Waals surface area contributed by atoms with Crippen LogP contribution in [-0.2, 0) is 29.3 Å². The van der Waals surface area contributed by atoms with Crippen LogP contribution >= 0.6 is 11.8 Å². The SMILES string of the molecule is NC(=O)C1=CC[NH+](CC2=C(C(=O)[O-])N3C(=O)[C@@H](NC(=O)[C@@H](c4ccccc4)S(=O)(=O)O)[C@H]3SC2)C=C1. The number of hydrogen-bond acceptors (Lipinski definition) is 8. The van der Waals surface area contributed by atoms with Gasteiger partial charge in [0.1, 0.15) is 24.5 Å². The van der Waals surface area contributed by atoms with Crippen molar-refractivity contribution in [2.24, 2.45) is 5.73 Å². The van der Waals surface area contributed by atoms with Crippen molar-refractivity contribution in [2.45, 2.75) is 16.7 Å². The lowest BCUT2D eigenvalue weighted by molar-refractivity contribution is -0.835. The van der Waals surface area contributed by atoms with Gasteiger partial charge in [0.15, 0.2) is 5.25 Å². The van der Waals surface area contributed by atoms with Gasteiger partial charge in [0, 0.05) is 23.0 Å². The number of rotatable bonds is 8. The standard InChI is InChI=1S/C22H22N4O8S2/c23-18(27)13-6-8-25(9-7-13)10-14-11-35-21-15(20(29)26(21)16(14)22(30)31)24-19(28)17(36(32,33)34)12-4-2-1-3-5-12/h1-8,15,17,21H,9-11H2,(H2,23,27)(H,24,28)(H,30,31)(H,32,33,34)/t15-,17-,21-/m1/s1. The lowest BCUT2D eigenvalue weighted by Gasteiger charge is -2.51. The third-order valence-electron chi connectivity index (χ3n) is 5.98. The first-order valence-electron chi connectivity index (χ1n) is 10.7. The van der Waals surface area contributed by atoms with E-state index in [-0.39, 0.29) is 23.6 Å². The minimum Gasteiger partial charge on any atom is -0.543 e. The monoisotopic (exact) mass is 534 g/mol. The molecule has 4 atom stereocenters. The molecule has 4 rings (SSSR count). The number of nitrogens with zero attached hydrogens (tertiary/aromatic N) is 1. The number of carboxylic acid groups (broad SMARTS) is 1. The summed E-state index contributed by atoms with van der Waals surface area (Å²) in [7, 11) is -4.85. The van der Waals surface area contributed by atoms with E-state index in [4.69, 9.17) is 5.73 Å². The highest BCUT2D eigenvalue weighted by molar-refractivity contribution is 8.00. The summed E-state index contributed by atoms with van der Waals surface area (Å²) in [5, 5.41) is 11.6. The molecule has 0 radical (unpaired) electrons. The number of hydrogen-bond donors (Lipinski definition) is 4. The summed E-state index contributed by atoms with van der Waals surface area (Å²) in [6.07, 6.45) is 4.85. The molecule has 14 heteroatoms. The maximum Gasteiger partial charge on any atom is 0.281 e. The Morgan fingerprint density at radius 1 is 1.28 bits per heavy atom. The van der Waals surface area contributed by atoms with E-state index in [0.717, 1.165) is 9.80 Å². The predicted octanol–water partition coefficient (Wildman–Crippen LogP) is -3.16. The van der Waals surface area contributed by atoms with Crippen LogP contribution in [0, 0.1) is 0 Å². The molecular formula is C22H22N4O8S2. The molecule has 3 heterocycles. The molecule has 1 unspecified atom stereocenters. The number of quaternary nitrogens is 1. The first-order valence-corrected chi connectivity index (χ1v) is 13.3. The first-order chi connectivity index (χ1) is 17.0. The van der Waals surface area contributed by atoms with Crippen molar-refractivity contribution in [2.75, 3.05) is 18.8 Å². The molecule has 3 aliphatic rings. The Labute approximate surface area is 210 Å². The number of nitrogens with one attached hydrogen (secondary N) is 2. The van der Waals surface area contributed by atoms with Gasteiger partial charge in [-0.2, -0.15) is 8.42 Å². The molecule has 0 spiro atoms. The number of carbonyl (C=O) groups excluding carboxylic acids is 4. The Bertz CT molecular complexity index is 1320. The van der Waals surface area contributed by atoms with E-state index in [1.54, 1.807) is 18.3 Å². The number of carbonyl (C=O) groups is 4. The van der Waals surface area contributed by atoms with E-state index < -0.39 is 50.5 Å². The van der Waals surface area contributed by atoms with Gasteiger partial charge < -0.3 is 25.9 Å². The van der Waals surface area contributed by atoms with Crippen molar-refractivity contribution in [1.29, 1.82) is 0 Å². The van der Waals surface area contributed by atoms with Crippen LogP contribution in [0.2, 0.25) is 0 Å². The van der Waals surface area contributed by atoms with E-state index in [0.29, 0.717) is 17.7 Å². The molecule has 1 aromatic carbocycles. The number of fused-ring (bicyclic) bond motifs is 1. The van der Waals surface area contributed by atoms with E-state index in [1.807, 2.05) is 0 Å². The number of β-lactam (4-membered cyclic amide) rings is 1. The molecule has 1 saturated heterocycles. The summed E-state index contributed by atoms with van der Waals surface area (Å²) in [6, 6.07) is 6.12. The zero-order chi connectivity index (χ0) is 26.2. The average Bonchev–Trinajstić information content (AvgIpc) is 2.82. The minimum atomic E-state index is -4.85. The topological polar surface area (TPSA) is 191 Å². The number of aliphatic carboxylic acids is 1. The van der Waals surface area contributed by atoms with Gasteiger partial charge in [-0.3, -0.25) is 23.8 Å². The average molecular weight is 535 g/mol. The molecule has 190 valence electrons. The highest BCUT2D eigenvalue weighted by atomic mass is 32.2. The van der Waals surface area contributed by atoms with Gasteiger partial charge in [0.25, 0.3) is 16.0 Å². The number of primary amides is 1. The fourth-order valence-electron chi connectivity index (χ4n) is 4.30. The van der Waals surface area contributed by atoms with Crippen molar-refractivity contribution in [3.05, 3.63) is 71.1 Å². The Morgan fingerprint density at radius 2 is 1.97 bits per heavy atom. The summed E-state index contributed by atoms with van der Waals surface area (Å²) in [5.74, 6) is -3.75. The number of carboxylic acids is 1. The summed E-state index contributed by atoms with van der Waals surface area (Å²) in [6.45, 7) is 0.609. The van der Waals surface area contributed by atoms with Crippen molar-refractivity contribution in [3.8, 4) is 0 Å². The Balaban J connectivity index is 1.51. The first kappa shape index (κ1) is 25.6. The van der Waals surface area contributed by atoms with Crippen LogP contribution in [-0.4, -0.2) is 71.8 Å². The van der Waals surface area contributed by atoms with Crippen LogP contribution < -0.4 is 21.1 Å². The molecule has 12 nitrogen and oxygen atoms in total. The molecule has 0 aromatic heterocycles. The summed E-state index contributed by atoms with van der Waals surface area (Å²) in [5.41, 5.74) is 5.75. The van der Waals surface area contributed by atoms with Crippen molar-refractivity contribution < 1.29 is 42.2 Å². The summed E-state index contributed by atoms with van der Waals surface area (Å²) >= 11 is 1.21. The number of thioether (sulfide) groups is 1. The molecule has 36 heavy (non-hydrogen) atoms. The number of benzene rings is 1. The molecule has 5 N–H and O–H groups in total. The molecule has 1 fully saturated rings. The third kappa shape index (κ3) is 4.93. The summed E-state index contributed by atoms with van der Waals surface area (Å²) in [4.78, 5) is 50.8. The van der Waals surface area contributed by atoms with Crippen LogP contribution in [0.5, 0.6) is 0 Å². The summed E-state index contributed by atoms with van der Waals surface area (Å²) < 4.78 is 33.5. The second kappa shape index (κ2) is 9.89. The Morgan fingerprint density at radius 3 is 2.53 bits per heavy atom. The van der Waals surface area contributed by atoms with E-state index in [9.17, 15) is 37.3 Å². The van der Waals surface area contributed by atoms with E-state index >= 15 is 0 Å². The largest absolute Gasteiger partial charge is 0.543 e. The molecule has 3 amide bonds. The zero-order valence-electron chi connectivity index (χ0n) is 18.6. The molecule has 0 bridgehead atoms. The fourth-order valence-corrected chi connectivity index (χ4v) is 6.48. The molecule has 3 aliphatic heterocycles.